The minimum atomic E-state index is -4.56. The first-order valence-electron chi connectivity index (χ1n) is 11.5. The molecule has 0 amide bonds. The van der Waals surface area contributed by atoms with Crippen molar-refractivity contribution in [3.05, 3.63) is 77.6 Å². The first-order chi connectivity index (χ1) is 19.5. The first kappa shape index (κ1) is 30.0. The summed E-state index contributed by atoms with van der Waals surface area (Å²) in [5, 5.41) is 9.93. The third-order valence-electron chi connectivity index (χ3n) is 5.74. The van der Waals surface area contributed by atoms with Crippen LogP contribution in [0.25, 0.3) is 0 Å². The van der Waals surface area contributed by atoms with Gasteiger partial charge in [-0.1, -0.05) is 11.8 Å². The van der Waals surface area contributed by atoms with E-state index in [4.69, 9.17) is 14.2 Å². The monoisotopic (exact) mass is 622 g/mol. The Morgan fingerprint density at radius 1 is 0.976 bits per heavy atom. The largest absolute Gasteiger partial charge is 0.497 e. The highest BCUT2D eigenvalue weighted by Gasteiger charge is 2.32. The Hall–Kier alpha value is -4.00. The molecule has 0 aliphatic rings. The molecule has 4 rings (SSSR count). The van der Waals surface area contributed by atoms with Crippen molar-refractivity contribution >= 4 is 38.4 Å². The molecule has 0 radical (unpaired) electrons. The lowest BCUT2D eigenvalue weighted by Gasteiger charge is -2.23. The van der Waals surface area contributed by atoms with Crippen molar-refractivity contribution in [1.82, 2.24) is 9.36 Å². The molecule has 1 heterocycles. The van der Waals surface area contributed by atoms with Crippen molar-refractivity contribution in [2.45, 2.75) is 27.4 Å². The summed E-state index contributed by atoms with van der Waals surface area (Å²) < 4.78 is 87.9. The van der Waals surface area contributed by atoms with Gasteiger partial charge in [-0.05, 0) is 48.5 Å². The Morgan fingerprint density at radius 2 is 1.71 bits per heavy atom. The molecule has 0 unspecified atom stereocenters. The number of anilines is 1. The predicted octanol–water partition coefficient (Wildman–Crippen LogP) is 6.00. The number of methoxy groups -OCH3 is 3. The zero-order valence-electron chi connectivity index (χ0n) is 21.7. The second kappa shape index (κ2) is 12.2. The van der Waals surface area contributed by atoms with Crippen molar-refractivity contribution in [3.63, 3.8) is 0 Å². The van der Waals surface area contributed by atoms with Crippen LogP contribution in [0.1, 0.15) is 16.7 Å². The highest BCUT2D eigenvalue weighted by atomic mass is 32.2. The molecule has 15 heteroatoms. The van der Waals surface area contributed by atoms with E-state index in [1.807, 2.05) is 6.07 Å². The second-order valence-corrected chi connectivity index (χ2v) is 11.9. The number of hydrogen-bond acceptors (Lipinski definition) is 10. The number of aromatic nitrogens is 2. The van der Waals surface area contributed by atoms with Gasteiger partial charge < -0.3 is 14.2 Å². The molecule has 0 saturated heterocycles. The summed E-state index contributed by atoms with van der Waals surface area (Å²) >= 11 is 1.85. The number of rotatable bonds is 10. The zero-order valence-corrected chi connectivity index (χ0v) is 24.1. The smallest absolute Gasteiger partial charge is 0.416 e. The first-order valence-corrected chi connectivity index (χ1v) is 14.5. The number of benzene rings is 3. The topological polar surface area (TPSA) is 115 Å². The third-order valence-corrected chi connectivity index (χ3v) is 9.41. The minimum absolute atomic E-state index is 0.00253. The van der Waals surface area contributed by atoms with Crippen molar-refractivity contribution in [2.24, 2.45) is 0 Å². The summed E-state index contributed by atoms with van der Waals surface area (Å²) in [5.74, 6) is 0.873. The van der Waals surface area contributed by atoms with Gasteiger partial charge in [-0.15, -0.1) is 0 Å². The number of hydrogen-bond donors (Lipinski definition) is 0. The van der Waals surface area contributed by atoms with Crippen LogP contribution in [0.4, 0.5) is 18.3 Å². The Morgan fingerprint density at radius 3 is 2.32 bits per heavy atom. The number of ether oxygens (including phenoxy) is 3. The van der Waals surface area contributed by atoms with Crippen LogP contribution in [-0.4, -0.2) is 39.1 Å². The van der Waals surface area contributed by atoms with E-state index in [1.165, 1.54) is 51.9 Å². The van der Waals surface area contributed by atoms with E-state index in [2.05, 4.69) is 9.36 Å². The van der Waals surface area contributed by atoms with Crippen LogP contribution in [0.15, 0.2) is 75.6 Å². The number of sulfonamides is 1. The average Bonchev–Trinajstić information content (AvgIpc) is 3.50. The van der Waals surface area contributed by atoms with Crippen LogP contribution in [0, 0.1) is 11.3 Å². The summed E-state index contributed by atoms with van der Waals surface area (Å²) in [6, 6.07) is 13.9. The lowest BCUT2D eigenvalue weighted by atomic mass is 10.2. The molecule has 0 fully saturated rings. The molecular weight excluding hydrogens is 602 g/mol. The fourth-order valence-electron chi connectivity index (χ4n) is 3.69. The third kappa shape index (κ3) is 6.50. The summed E-state index contributed by atoms with van der Waals surface area (Å²) in [4.78, 5) is 4.52. The molecule has 0 bridgehead atoms. The molecule has 0 spiro atoms. The summed E-state index contributed by atoms with van der Waals surface area (Å²) in [6.07, 6.45) is -3.33. The van der Waals surface area contributed by atoms with E-state index in [0.29, 0.717) is 26.9 Å². The van der Waals surface area contributed by atoms with Gasteiger partial charge in [0.05, 0.1) is 48.8 Å². The Labute approximate surface area is 242 Å². The molecule has 3 aromatic carbocycles. The number of nitrogens with zero attached hydrogens (tertiary/aromatic N) is 4. The van der Waals surface area contributed by atoms with Crippen LogP contribution in [-0.2, 0) is 22.7 Å². The normalized spacial score (nSPS) is 11.5. The molecule has 0 aliphatic carbocycles. The molecule has 9 nitrogen and oxygen atoms in total. The van der Waals surface area contributed by atoms with E-state index in [1.54, 1.807) is 18.2 Å². The second-order valence-electron chi connectivity index (χ2n) is 8.15. The van der Waals surface area contributed by atoms with E-state index in [-0.39, 0.29) is 27.9 Å². The Balaban J connectivity index is 1.71. The van der Waals surface area contributed by atoms with Gasteiger partial charge in [0.25, 0.3) is 10.0 Å². The quantitative estimate of drug-likeness (QED) is 0.210. The van der Waals surface area contributed by atoms with E-state index < -0.39 is 21.8 Å². The summed E-state index contributed by atoms with van der Waals surface area (Å²) in [5.41, 5.74) is -0.364. The molecule has 4 aromatic rings. The van der Waals surface area contributed by atoms with Gasteiger partial charge in [-0.2, -0.15) is 22.8 Å². The van der Waals surface area contributed by atoms with E-state index >= 15 is 0 Å². The van der Waals surface area contributed by atoms with Crippen LogP contribution >= 0.6 is 23.3 Å². The molecule has 41 heavy (non-hydrogen) atoms. The molecule has 0 saturated carbocycles. The van der Waals surface area contributed by atoms with Crippen LogP contribution in [0.2, 0.25) is 0 Å². The van der Waals surface area contributed by atoms with Crippen molar-refractivity contribution in [2.75, 3.05) is 25.6 Å². The molecule has 0 N–H and O–H groups in total. The fourth-order valence-corrected chi connectivity index (χ4v) is 6.81. The molecule has 214 valence electrons. The lowest BCUT2D eigenvalue weighted by Crippen LogP contribution is -2.30. The van der Waals surface area contributed by atoms with Crippen molar-refractivity contribution in [3.8, 4) is 23.3 Å². The minimum Gasteiger partial charge on any atom is -0.497 e. The lowest BCUT2D eigenvalue weighted by molar-refractivity contribution is -0.137. The summed E-state index contributed by atoms with van der Waals surface area (Å²) in [6.45, 7) is -0.161. The fraction of sp³-hybridized carbons (Fsp3) is 0.192. The zero-order chi connectivity index (χ0) is 29.8. The van der Waals surface area contributed by atoms with Crippen LogP contribution in [0.3, 0.4) is 0 Å². The van der Waals surface area contributed by atoms with Gasteiger partial charge in [-0.3, -0.25) is 0 Å². The van der Waals surface area contributed by atoms with Gasteiger partial charge in [-0.25, -0.2) is 17.7 Å². The number of halogens is 3. The van der Waals surface area contributed by atoms with Crippen molar-refractivity contribution in [1.29, 1.82) is 5.26 Å². The summed E-state index contributed by atoms with van der Waals surface area (Å²) in [7, 11) is -0.0965. The standard InChI is InChI=1S/C26H21F3N4O5S3/c1-36-19-6-4-16(21(12-19)37-2)14-33(25-31-15-32-40-25)41(34,35)20-7-9-23(17(10-20)13-30)39-24-8-5-18(26(27,28)29)11-22(24)38-3/h4-12,15H,14H2,1-3H3. The van der Waals surface area contributed by atoms with Crippen LogP contribution in [0.5, 0.6) is 17.2 Å². The van der Waals surface area contributed by atoms with Gasteiger partial charge >= 0.3 is 6.18 Å². The Bertz CT molecular complexity index is 1690. The van der Waals surface area contributed by atoms with Gasteiger partial charge in [0, 0.05) is 28.1 Å². The molecule has 0 atom stereocenters. The van der Waals surface area contributed by atoms with Gasteiger partial charge in [0.1, 0.15) is 29.6 Å². The SMILES string of the molecule is COc1ccc(CN(c2ncns2)S(=O)(=O)c2ccc(Sc3ccc(C(F)(F)F)cc3OC)c(C#N)c2)c(OC)c1. The highest BCUT2D eigenvalue weighted by Crippen LogP contribution is 2.41. The molecule has 1 aromatic heterocycles. The molecular formula is C26H21F3N4O5S3. The van der Waals surface area contributed by atoms with Gasteiger partial charge in [0.15, 0.2) is 0 Å². The van der Waals surface area contributed by atoms with Crippen molar-refractivity contribution < 1.29 is 35.8 Å². The molecule has 0 aliphatic heterocycles. The number of nitriles is 1. The average molecular weight is 623 g/mol. The van der Waals surface area contributed by atoms with Gasteiger partial charge in [0.2, 0.25) is 5.13 Å². The highest BCUT2D eigenvalue weighted by molar-refractivity contribution is 7.99. The van der Waals surface area contributed by atoms with E-state index in [0.717, 1.165) is 39.7 Å². The van der Waals surface area contributed by atoms with E-state index in [9.17, 15) is 26.9 Å². The maximum atomic E-state index is 13.9. The maximum Gasteiger partial charge on any atom is 0.416 e. The van der Waals surface area contributed by atoms with Crippen LogP contribution < -0.4 is 18.5 Å². The Kier molecular flexibility index (Phi) is 8.95. The number of alkyl halides is 3. The maximum absolute atomic E-state index is 13.9. The predicted molar refractivity (Wildman–Crippen MR) is 146 cm³/mol.